The zero-order valence-electron chi connectivity index (χ0n) is 9.57. The quantitative estimate of drug-likeness (QED) is 0.792. The van der Waals surface area contributed by atoms with E-state index in [0.717, 1.165) is 12.4 Å². The largest absolute Gasteiger partial charge is 0.360 e. The first-order valence-electron chi connectivity index (χ1n) is 5.89. The Morgan fingerprint density at radius 2 is 2.31 bits per heavy atom. The fourth-order valence-electron chi connectivity index (χ4n) is 2.01. The summed E-state index contributed by atoms with van der Waals surface area (Å²) in [7, 11) is 0. The van der Waals surface area contributed by atoms with Crippen molar-refractivity contribution in [2.45, 2.75) is 45.2 Å². The molecule has 1 aliphatic carbocycles. The van der Waals surface area contributed by atoms with Gasteiger partial charge in [-0.3, -0.25) is 4.68 Å². The Morgan fingerprint density at radius 3 is 2.94 bits per heavy atom. The number of hydrogen-bond acceptors (Lipinski definition) is 2. The lowest BCUT2D eigenvalue weighted by atomic mass is 10.3. The molecule has 0 radical (unpaired) electrons. The van der Waals surface area contributed by atoms with Gasteiger partial charge in [-0.25, -0.2) is 0 Å². The van der Waals surface area contributed by atoms with Crippen molar-refractivity contribution in [3.05, 3.63) is 12.3 Å². The van der Waals surface area contributed by atoms with Crippen LogP contribution in [0, 0.1) is 0 Å². The molecule has 1 aliphatic rings. The third-order valence-corrected chi connectivity index (χ3v) is 3.12. The van der Waals surface area contributed by atoms with Gasteiger partial charge in [0, 0.05) is 24.8 Å². The van der Waals surface area contributed by atoms with E-state index in [-0.39, 0.29) is 0 Å². The Balaban J connectivity index is 1.81. The second kappa shape index (κ2) is 5.30. The number of aryl methyl sites for hydroxylation is 1. The van der Waals surface area contributed by atoms with E-state index in [1.165, 1.54) is 25.7 Å². The highest BCUT2D eigenvalue weighted by Crippen LogP contribution is 2.17. The van der Waals surface area contributed by atoms with Crippen LogP contribution < -0.4 is 10.6 Å². The van der Waals surface area contributed by atoms with Crippen molar-refractivity contribution >= 4 is 23.1 Å². The van der Waals surface area contributed by atoms with Crippen LogP contribution in [0.4, 0.5) is 5.82 Å². The van der Waals surface area contributed by atoms with Gasteiger partial charge >= 0.3 is 0 Å². The standard InChI is InChI=1S/C11H18N4S/c1-2-15-8-7-10(14-15)13-11(16)12-9-5-3-4-6-9/h7-9H,2-6H2,1H3,(H2,12,13,14,16). The SMILES string of the molecule is CCn1ccc(NC(=S)NC2CCCC2)n1. The Labute approximate surface area is 101 Å². The number of hydrogen-bond donors (Lipinski definition) is 2. The zero-order valence-corrected chi connectivity index (χ0v) is 10.4. The summed E-state index contributed by atoms with van der Waals surface area (Å²) in [5, 5.41) is 11.4. The Bertz CT molecular complexity index is 355. The van der Waals surface area contributed by atoms with E-state index < -0.39 is 0 Å². The van der Waals surface area contributed by atoms with Gasteiger partial charge < -0.3 is 10.6 Å². The first kappa shape index (κ1) is 11.4. The molecule has 5 heteroatoms. The number of aromatic nitrogens is 2. The third kappa shape index (κ3) is 2.95. The van der Waals surface area contributed by atoms with Crippen molar-refractivity contribution < 1.29 is 0 Å². The lowest BCUT2D eigenvalue weighted by Gasteiger charge is -2.14. The summed E-state index contributed by atoms with van der Waals surface area (Å²) >= 11 is 5.25. The van der Waals surface area contributed by atoms with E-state index in [0.29, 0.717) is 11.2 Å². The predicted octanol–water partition coefficient (Wildman–Crippen LogP) is 2.13. The zero-order chi connectivity index (χ0) is 11.4. The highest BCUT2D eigenvalue weighted by Gasteiger charge is 2.15. The fraction of sp³-hybridized carbons (Fsp3) is 0.636. The van der Waals surface area contributed by atoms with Crippen LogP contribution >= 0.6 is 12.2 Å². The number of anilines is 1. The second-order valence-corrected chi connectivity index (χ2v) is 4.54. The van der Waals surface area contributed by atoms with Gasteiger partial charge in [0.15, 0.2) is 10.9 Å². The molecule has 88 valence electrons. The summed E-state index contributed by atoms with van der Waals surface area (Å²) in [5.74, 6) is 0.817. The van der Waals surface area contributed by atoms with E-state index in [4.69, 9.17) is 12.2 Å². The summed E-state index contributed by atoms with van der Waals surface area (Å²) < 4.78 is 1.88. The summed E-state index contributed by atoms with van der Waals surface area (Å²) in [4.78, 5) is 0. The van der Waals surface area contributed by atoms with Crippen LogP contribution in [-0.4, -0.2) is 20.9 Å². The lowest BCUT2D eigenvalue weighted by Crippen LogP contribution is -2.36. The summed E-state index contributed by atoms with van der Waals surface area (Å²) in [6.45, 7) is 2.94. The first-order valence-corrected chi connectivity index (χ1v) is 6.29. The van der Waals surface area contributed by atoms with Gasteiger partial charge in [-0.15, -0.1) is 0 Å². The molecule has 0 atom stereocenters. The van der Waals surface area contributed by atoms with Crippen LogP contribution in [0.2, 0.25) is 0 Å². The minimum atomic E-state index is 0.549. The van der Waals surface area contributed by atoms with E-state index in [1.54, 1.807) is 0 Å². The van der Waals surface area contributed by atoms with Gasteiger partial charge in [-0.1, -0.05) is 12.8 Å². The van der Waals surface area contributed by atoms with Crippen LogP contribution in [0.25, 0.3) is 0 Å². The third-order valence-electron chi connectivity index (χ3n) is 2.90. The maximum Gasteiger partial charge on any atom is 0.172 e. The highest BCUT2D eigenvalue weighted by atomic mass is 32.1. The van der Waals surface area contributed by atoms with Crippen molar-refractivity contribution in [2.24, 2.45) is 0 Å². The molecule has 4 nitrogen and oxygen atoms in total. The monoisotopic (exact) mass is 238 g/mol. The van der Waals surface area contributed by atoms with Gasteiger partial charge in [-0.05, 0) is 32.0 Å². The molecule has 0 saturated heterocycles. The van der Waals surface area contributed by atoms with Crippen molar-refractivity contribution in [2.75, 3.05) is 5.32 Å². The first-order chi connectivity index (χ1) is 7.78. The van der Waals surface area contributed by atoms with Crippen LogP contribution in [0.5, 0.6) is 0 Å². The maximum atomic E-state index is 5.25. The van der Waals surface area contributed by atoms with Gasteiger partial charge in [-0.2, -0.15) is 5.10 Å². The van der Waals surface area contributed by atoms with Gasteiger partial charge in [0.05, 0.1) is 0 Å². The molecular formula is C11H18N4S. The molecule has 1 aromatic rings. The molecule has 0 bridgehead atoms. The Hall–Kier alpha value is -1.10. The van der Waals surface area contributed by atoms with Gasteiger partial charge in [0.25, 0.3) is 0 Å². The van der Waals surface area contributed by atoms with Crippen LogP contribution in [0.3, 0.4) is 0 Å². The molecule has 1 aromatic heterocycles. The maximum absolute atomic E-state index is 5.25. The topological polar surface area (TPSA) is 41.9 Å². The van der Waals surface area contributed by atoms with E-state index >= 15 is 0 Å². The molecule has 0 amide bonds. The average Bonchev–Trinajstić information content (AvgIpc) is 2.89. The summed E-state index contributed by atoms with van der Waals surface area (Å²) in [6, 6.07) is 2.49. The van der Waals surface area contributed by atoms with Crippen molar-refractivity contribution in [3.63, 3.8) is 0 Å². The molecule has 0 aromatic carbocycles. The summed E-state index contributed by atoms with van der Waals surface area (Å²) in [6.07, 6.45) is 7.02. The van der Waals surface area contributed by atoms with Crippen LogP contribution in [-0.2, 0) is 6.54 Å². The number of nitrogens with one attached hydrogen (secondary N) is 2. The number of thiocarbonyl (C=S) groups is 1. The number of nitrogens with zero attached hydrogens (tertiary/aromatic N) is 2. The molecule has 0 unspecified atom stereocenters. The van der Waals surface area contributed by atoms with Crippen molar-refractivity contribution in [1.82, 2.24) is 15.1 Å². The van der Waals surface area contributed by atoms with Gasteiger partial charge in [0.1, 0.15) is 0 Å². The van der Waals surface area contributed by atoms with E-state index in [2.05, 4.69) is 22.7 Å². The van der Waals surface area contributed by atoms with Crippen molar-refractivity contribution in [1.29, 1.82) is 0 Å². The molecule has 16 heavy (non-hydrogen) atoms. The van der Waals surface area contributed by atoms with Crippen molar-refractivity contribution in [3.8, 4) is 0 Å². The molecule has 0 spiro atoms. The van der Waals surface area contributed by atoms with Gasteiger partial charge in [0.2, 0.25) is 0 Å². The molecule has 2 rings (SSSR count). The van der Waals surface area contributed by atoms with E-state index in [1.807, 2.05) is 16.9 Å². The second-order valence-electron chi connectivity index (χ2n) is 4.14. The Morgan fingerprint density at radius 1 is 1.56 bits per heavy atom. The lowest BCUT2D eigenvalue weighted by molar-refractivity contribution is 0.633. The molecule has 1 fully saturated rings. The molecule has 2 N–H and O–H groups in total. The number of rotatable bonds is 3. The van der Waals surface area contributed by atoms with E-state index in [9.17, 15) is 0 Å². The molecular weight excluding hydrogens is 220 g/mol. The fourth-order valence-corrected chi connectivity index (χ4v) is 2.28. The summed E-state index contributed by atoms with van der Waals surface area (Å²) in [5.41, 5.74) is 0. The molecule has 1 heterocycles. The minimum absolute atomic E-state index is 0.549. The smallest absolute Gasteiger partial charge is 0.172 e. The predicted molar refractivity (Wildman–Crippen MR) is 69.5 cm³/mol. The normalized spacial score (nSPS) is 16.3. The average molecular weight is 238 g/mol. The van der Waals surface area contributed by atoms with Crippen LogP contribution in [0.15, 0.2) is 12.3 Å². The van der Waals surface area contributed by atoms with Crippen LogP contribution in [0.1, 0.15) is 32.6 Å². The minimum Gasteiger partial charge on any atom is -0.360 e. The Kier molecular flexibility index (Phi) is 3.77. The molecule has 0 aliphatic heterocycles. The molecule has 1 saturated carbocycles. The highest BCUT2D eigenvalue weighted by molar-refractivity contribution is 7.80.